The van der Waals surface area contributed by atoms with E-state index in [0.29, 0.717) is 27.2 Å². The number of rotatable bonds is 6. The van der Waals surface area contributed by atoms with Crippen molar-refractivity contribution in [1.82, 2.24) is 24.4 Å². The Morgan fingerprint density at radius 1 is 1.12 bits per heavy atom. The molecule has 1 N–H and O–H groups in total. The van der Waals surface area contributed by atoms with Crippen molar-refractivity contribution in [1.29, 1.82) is 0 Å². The predicted molar refractivity (Wildman–Crippen MR) is 160 cm³/mol. The zero-order chi connectivity index (χ0) is 31.0. The number of pyridine rings is 1. The Bertz CT molecular complexity index is 1840. The van der Waals surface area contributed by atoms with E-state index in [1.54, 1.807) is 36.1 Å². The second kappa shape index (κ2) is 9.87. The number of Topliss-reactive ketones (excluding diaryl/α,β-unsaturated/α-hetero) is 1. The minimum atomic E-state index is -1.62. The van der Waals surface area contributed by atoms with Crippen LogP contribution in [-0.4, -0.2) is 54.1 Å². The summed E-state index contributed by atoms with van der Waals surface area (Å²) in [6.07, 6.45) is 3.73. The summed E-state index contributed by atoms with van der Waals surface area (Å²) in [6.45, 7) is 8.67. The van der Waals surface area contributed by atoms with Crippen molar-refractivity contribution >= 4 is 50.2 Å². The van der Waals surface area contributed by atoms with E-state index in [1.165, 1.54) is 11.8 Å². The van der Waals surface area contributed by atoms with Crippen molar-refractivity contribution in [3.63, 3.8) is 0 Å². The van der Waals surface area contributed by atoms with Gasteiger partial charge >= 0.3 is 0 Å². The van der Waals surface area contributed by atoms with Crippen molar-refractivity contribution in [2.45, 2.75) is 66.0 Å². The van der Waals surface area contributed by atoms with Gasteiger partial charge in [-0.25, -0.2) is 15.0 Å². The molecule has 1 saturated heterocycles. The van der Waals surface area contributed by atoms with Crippen LogP contribution in [0.1, 0.15) is 56.7 Å². The monoisotopic (exact) mass is 616 g/mol. The van der Waals surface area contributed by atoms with E-state index in [-0.39, 0.29) is 18.7 Å². The lowest BCUT2D eigenvalue weighted by molar-refractivity contribution is -0.138. The maximum Gasteiger partial charge on any atom is 0.248 e. The third kappa shape index (κ3) is 4.84. The molecular weight excluding hydrogens is 584 g/mol. The lowest BCUT2D eigenvalue weighted by Gasteiger charge is -2.27. The van der Waals surface area contributed by atoms with Gasteiger partial charge in [-0.15, -0.1) is 0 Å². The maximum absolute atomic E-state index is 14.1. The van der Waals surface area contributed by atoms with Gasteiger partial charge in [-0.05, 0) is 96.7 Å². The van der Waals surface area contributed by atoms with Crippen molar-refractivity contribution in [3.05, 3.63) is 70.0 Å². The van der Waals surface area contributed by atoms with Crippen molar-refractivity contribution in [3.8, 4) is 11.1 Å². The predicted octanol–water partition coefficient (Wildman–Crippen LogP) is 5.40. The fourth-order valence-corrected chi connectivity index (χ4v) is 6.17. The van der Waals surface area contributed by atoms with Crippen LogP contribution in [0.5, 0.6) is 0 Å². The van der Waals surface area contributed by atoms with Crippen LogP contribution in [0.3, 0.4) is 0 Å². The molecule has 4 heterocycles. The molecule has 41 heavy (non-hydrogen) atoms. The molecule has 2 amide bonds. The number of anilines is 1. The molecule has 2 aliphatic rings. The molecule has 3 aromatic heterocycles. The number of likely N-dealkylation sites (tertiary alicyclic amines) is 1. The molecule has 0 unspecified atom stereocenters. The second-order valence-corrected chi connectivity index (χ2v) is 12.0. The third-order valence-corrected chi connectivity index (χ3v) is 8.52. The summed E-state index contributed by atoms with van der Waals surface area (Å²) in [5, 5.41) is 3.56. The minimum Gasteiger partial charge on any atom is -0.337 e. The first-order valence-electron chi connectivity index (χ1n) is 14.4. The van der Waals surface area contributed by atoms with Gasteiger partial charge in [-0.2, -0.15) is 0 Å². The number of halogens is 1. The van der Waals surface area contributed by atoms with Gasteiger partial charge in [0.15, 0.2) is 5.78 Å². The van der Waals surface area contributed by atoms with Gasteiger partial charge in [0.2, 0.25) is 11.8 Å². The molecule has 4 aromatic rings. The highest BCUT2D eigenvalue weighted by Gasteiger charge is 2.64. The SMILES string of the molecule is [2H]C1([2H])[C@H]2N(C(=O)Cn3cc(C(C)=O)c4cc(-c5cnc(C)nc5)cc(C)c43)[C@H](C(=O)Nc3nc(Br)ccc3C)C[C@]21C. The van der Waals surface area contributed by atoms with Crippen LogP contribution in [0.4, 0.5) is 5.82 Å². The Morgan fingerprint density at radius 2 is 1.85 bits per heavy atom. The van der Waals surface area contributed by atoms with Crippen LogP contribution >= 0.6 is 15.9 Å². The van der Waals surface area contributed by atoms with Gasteiger partial charge < -0.3 is 14.8 Å². The number of fused-ring (bicyclic) bond motifs is 2. The summed E-state index contributed by atoms with van der Waals surface area (Å²) >= 11 is 3.33. The minimum absolute atomic E-state index is 0.144. The zero-order valence-corrected chi connectivity index (χ0v) is 25.0. The number of hydrogen-bond acceptors (Lipinski definition) is 6. The number of amides is 2. The number of piperidine rings is 1. The standard InChI is InChI=1S/C31H31BrN6O3/c1-16-6-7-26(32)35-29(16)36-30(41)24-10-31(5)11-25(31)38(24)27(40)15-37-14-23(18(3)39)22-9-20(8-17(2)28(22)37)21-12-33-19(4)34-13-21/h6-9,12-14,24-25H,10-11,15H2,1-5H3,(H,35,36,41)/t24-,25+,31-/m0/s1/i11D2. The molecule has 1 aliphatic heterocycles. The van der Waals surface area contributed by atoms with E-state index < -0.39 is 35.7 Å². The molecule has 1 aliphatic carbocycles. The molecule has 6 rings (SSSR count). The number of ketones is 1. The molecule has 0 bridgehead atoms. The Kier molecular flexibility index (Phi) is 5.98. The van der Waals surface area contributed by atoms with Gasteiger partial charge in [0, 0.05) is 43.9 Å². The maximum atomic E-state index is 14.1. The highest BCUT2D eigenvalue weighted by molar-refractivity contribution is 9.10. The molecule has 10 heteroatoms. The number of carbonyl (C=O) groups is 3. The summed E-state index contributed by atoms with van der Waals surface area (Å²) in [4.78, 5) is 54.7. The molecule has 1 aromatic carbocycles. The van der Waals surface area contributed by atoms with Crippen LogP contribution in [0, 0.1) is 26.2 Å². The summed E-state index contributed by atoms with van der Waals surface area (Å²) < 4.78 is 19.5. The Labute approximate surface area is 249 Å². The molecule has 1 saturated carbocycles. The fraction of sp³-hybridized carbons (Fsp3) is 0.355. The van der Waals surface area contributed by atoms with Crippen LogP contribution in [0.15, 0.2) is 47.5 Å². The Morgan fingerprint density at radius 3 is 2.56 bits per heavy atom. The number of carbonyl (C=O) groups excluding carboxylic acids is 3. The van der Waals surface area contributed by atoms with Gasteiger partial charge in [0.25, 0.3) is 0 Å². The molecule has 210 valence electrons. The molecule has 9 nitrogen and oxygen atoms in total. The molecule has 3 atom stereocenters. The van der Waals surface area contributed by atoms with E-state index >= 15 is 0 Å². The fourth-order valence-electron chi connectivity index (χ4n) is 5.86. The van der Waals surface area contributed by atoms with E-state index in [1.807, 2.05) is 39.0 Å². The smallest absolute Gasteiger partial charge is 0.248 e. The highest BCUT2D eigenvalue weighted by atomic mass is 79.9. The van der Waals surface area contributed by atoms with E-state index in [4.69, 9.17) is 2.74 Å². The summed E-state index contributed by atoms with van der Waals surface area (Å²) in [5.41, 5.74) is 3.64. The summed E-state index contributed by atoms with van der Waals surface area (Å²) in [5.74, 6) is 0.0947. The second-order valence-electron chi connectivity index (χ2n) is 11.2. The van der Waals surface area contributed by atoms with Gasteiger partial charge in [0.1, 0.15) is 28.8 Å². The number of benzene rings is 1. The van der Waals surface area contributed by atoms with Crippen LogP contribution in [0.25, 0.3) is 22.0 Å². The Hall–Kier alpha value is -3.92. The first-order chi connectivity index (χ1) is 20.2. The number of aromatic nitrogens is 4. The van der Waals surface area contributed by atoms with Gasteiger partial charge in [0.05, 0.1) is 5.52 Å². The first-order valence-corrected chi connectivity index (χ1v) is 14.2. The zero-order valence-electron chi connectivity index (χ0n) is 25.4. The number of nitrogens with zero attached hydrogens (tertiary/aromatic N) is 5. The molecule has 2 fully saturated rings. The number of aryl methyl sites for hydroxylation is 3. The lowest BCUT2D eigenvalue weighted by Crippen LogP contribution is -2.46. The number of nitrogens with one attached hydrogen (secondary N) is 1. The summed E-state index contributed by atoms with van der Waals surface area (Å²) in [6, 6.07) is 5.88. The number of hydrogen-bond donors (Lipinski definition) is 1. The normalized spacial score (nSPS) is 23.1. The van der Waals surface area contributed by atoms with E-state index in [0.717, 1.165) is 27.8 Å². The van der Waals surface area contributed by atoms with Crippen molar-refractivity contribution in [2.75, 3.05) is 5.32 Å². The van der Waals surface area contributed by atoms with Crippen LogP contribution in [0.2, 0.25) is 0 Å². The average molecular weight is 618 g/mol. The van der Waals surface area contributed by atoms with Crippen molar-refractivity contribution in [2.24, 2.45) is 5.41 Å². The van der Waals surface area contributed by atoms with Crippen LogP contribution in [-0.2, 0) is 16.1 Å². The summed E-state index contributed by atoms with van der Waals surface area (Å²) in [7, 11) is 0. The quantitative estimate of drug-likeness (QED) is 0.229. The van der Waals surface area contributed by atoms with Crippen molar-refractivity contribution < 1.29 is 17.1 Å². The van der Waals surface area contributed by atoms with Gasteiger partial charge in [-0.1, -0.05) is 13.0 Å². The molecular formula is C31H31BrN6O3. The third-order valence-electron chi connectivity index (χ3n) is 8.08. The highest BCUT2D eigenvalue weighted by Crippen LogP contribution is 2.59. The molecule has 0 spiro atoms. The van der Waals surface area contributed by atoms with Crippen LogP contribution < -0.4 is 5.32 Å². The molecule has 0 radical (unpaired) electrons. The lowest BCUT2D eigenvalue weighted by atomic mass is 10.0. The largest absolute Gasteiger partial charge is 0.337 e. The Balaban J connectivity index is 1.35. The topological polar surface area (TPSA) is 110 Å². The average Bonchev–Trinajstić information content (AvgIpc) is 3.25. The van der Waals surface area contributed by atoms with Gasteiger partial charge in [-0.3, -0.25) is 14.4 Å². The first kappa shape index (κ1) is 24.8. The van der Waals surface area contributed by atoms with E-state index in [9.17, 15) is 14.4 Å². The van der Waals surface area contributed by atoms with E-state index in [2.05, 4.69) is 36.2 Å².